The van der Waals surface area contributed by atoms with E-state index in [9.17, 15) is 19.5 Å². The van der Waals surface area contributed by atoms with Crippen LogP contribution in [0.15, 0.2) is 36.5 Å². The Morgan fingerprint density at radius 2 is 1.59 bits per heavy atom. The Hall–Kier alpha value is -4.25. The van der Waals surface area contributed by atoms with Gasteiger partial charge in [0, 0.05) is 48.9 Å². The Balaban J connectivity index is 1.77. The molecule has 0 aliphatic carbocycles. The summed E-state index contributed by atoms with van der Waals surface area (Å²) in [5, 5.41) is 11.9. The minimum Gasteiger partial charge on any atom is -0.508 e. The first-order chi connectivity index (χ1) is 20.5. The average molecular weight is 610 g/mol. The van der Waals surface area contributed by atoms with Crippen LogP contribution in [0.4, 0.5) is 9.59 Å². The number of hydrogen-bond donors (Lipinski definition) is 1. The molecule has 1 aliphatic rings. The number of aromatic nitrogens is 1. The van der Waals surface area contributed by atoms with Crippen molar-refractivity contribution in [3.8, 4) is 11.5 Å². The molecule has 4 rings (SSSR count). The van der Waals surface area contributed by atoms with Crippen LogP contribution in [0.2, 0.25) is 0 Å². The number of ether oxygens (including phenoxy) is 4. The van der Waals surface area contributed by atoms with E-state index in [-0.39, 0.29) is 17.9 Å². The average Bonchev–Trinajstić information content (AvgIpc) is 3.38. The number of aryl methyl sites for hydroxylation is 1. The smallest absolute Gasteiger partial charge is 0.419 e. The SMILES string of the molecule is COC(=O)c1ccc(C2CN(C(=O)OC(C)(C)C)CCN2Cc2c(OC)cc(C)c3c2ccn3C(=O)OC(C)(C)C)c(O)c1. The molecule has 0 saturated carbocycles. The molecule has 11 nitrogen and oxygen atoms in total. The van der Waals surface area contributed by atoms with Gasteiger partial charge in [0.1, 0.15) is 22.7 Å². The molecule has 238 valence electrons. The Bertz CT molecular complexity index is 1560. The lowest BCUT2D eigenvalue weighted by molar-refractivity contribution is 0.00167. The van der Waals surface area contributed by atoms with E-state index in [1.54, 1.807) is 30.3 Å². The number of hydrogen-bond acceptors (Lipinski definition) is 9. The number of aromatic hydroxyl groups is 1. The molecule has 1 atom stereocenters. The molecule has 1 N–H and O–H groups in total. The van der Waals surface area contributed by atoms with Crippen LogP contribution in [0, 0.1) is 6.92 Å². The van der Waals surface area contributed by atoms with Gasteiger partial charge in [0.15, 0.2) is 0 Å². The summed E-state index contributed by atoms with van der Waals surface area (Å²) < 4.78 is 23.5. The number of phenols is 1. The molecule has 11 heteroatoms. The van der Waals surface area contributed by atoms with Crippen LogP contribution in [0.1, 0.15) is 74.6 Å². The first-order valence-electron chi connectivity index (χ1n) is 14.6. The zero-order valence-electron chi connectivity index (χ0n) is 27.0. The molecular formula is C33H43N3O8. The lowest BCUT2D eigenvalue weighted by Crippen LogP contribution is -2.51. The van der Waals surface area contributed by atoms with Gasteiger partial charge in [0.25, 0.3) is 0 Å². The number of nitrogens with zero attached hydrogens (tertiary/aromatic N) is 3. The molecule has 2 heterocycles. The van der Waals surface area contributed by atoms with Crippen molar-refractivity contribution in [1.82, 2.24) is 14.4 Å². The van der Waals surface area contributed by atoms with Gasteiger partial charge in [-0.25, -0.2) is 14.4 Å². The summed E-state index contributed by atoms with van der Waals surface area (Å²) in [5.41, 5.74) is 1.82. The van der Waals surface area contributed by atoms with Crippen molar-refractivity contribution < 1.29 is 38.4 Å². The van der Waals surface area contributed by atoms with Crippen LogP contribution in [0.3, 0.4) is 0 Å². The van der Waals surface area contributed by atoms with E-state index in [2.05, 4.69) is 4.90 Å². The number of methoxy groups -OCH3 is 2. The number of rotatable bonds is 5. The van der Waals surface area contributed by atoms with E-state index < -0.39 is 35.4 Å². The number of esters is 1. The van der Waals surface area contributed by atoms with Gasteiger partial charge in [-0.2, -0.15) is 0 Å². The molecule has 2 aromatic carbocycles. The van der Waals surface area contributed by atoms with Crippen molar-refractivity contribution in [1.29, 1.82) is 0 Å². The van der Waals surface area contributed by atoms with Crippen molar-refractivity contribution in [2.24, 2.45) is 0 Å². The van der Waals surface area contributed by atoms with E-state index in [1.807, 2.05) is 60.6 Å². The molecule has 0 radical (unpaired) electrons. The highest BCUT2D eigenvalue weighted by Crippen LogP contribution is 2.38. The number of fused-ring (bicyclic) bond motifs is 1. The zero-order chi connectivity index (χ0) is 32.6. The summed E-state index contributed by atoms with van der Waals surface area (Å²) in [6, 6.07) is 7.95. The largest absolute Gasteiger partial charge is 0.508 e. The molecule has 0 bridgehead atoms. The normalized spacial score (nSPS) is 16.1. The number of carbonyl (C=O) groups excluding carboxylic acids is 3. The topological polar surface area (TPSA) is 120 Å². The second kappa shape index (κ2) is 12.4. The fraction of sp³-hybridized carbons (Fsp3) is 0.485. The highest BCUT2D eigenvalue weighted by Gasteiger charge is 2.35. The van der Waals surface area contributed by atoms with Gasteiger partial charge in [-0.05, 0) is 78.3 Å². The van der Waals surface area contributed by atoms with Crippen LogP contribution in [0.5, 0.6) is 11.5 Å². The fourth-order valence-electron chi connectivity index (χ4n) is 5.44. The van der Waals surface area contributed by atoms with Crippen LogP contribution >= 0.6 is 0 Å². The van der Waals surface area contributed by atoms with Gasteiger partial charge in [0.2, 0.25) is 0 Å². The molecule has 44 heavy (non-hydrogen) atoms. The molecule has 1 unspecified atom stereocenters. The highest BCUT2D eigenvalue weighted by atomic mass is 16.6. The summed E-state index contributed by atoms with van der Waals surface area (Å²) in [7, 11) is 2.88. The van der Waals surface area contributed by atoms with E-state index >= 15 is 0 Å². The van der Waals surface area contributed by atoms with Gasteiger partial charge in [-0.15, -0.1) is 0 Å². The second-order valence-corrected chi connectivity index (χ2v) is 13.0. The minimum atomic E-state index is -0.670. The van der Waals surface area contributed by atoms with E-state index in [0.717, 1.165) is 16.5 Å². The number of carbonyl (C=O) groups is 3. The second-order valence-electron chi connectivity index (χ2n) is 13.0. The van der Waals surface area contributed by atoms with Crippen molar-refractivity contribution in [2.45, 2.75) is 72.3 Å². The molecule has 0 spiro atoms. The fourth-order valence-corrected chi connectivity index (χ4v) is 5.44. The summed E-state index contributed by atoms with van der Waals surface area (Å²) in [5.74, 6) is -0.00873. The van der Waals surface area contributed by atoms with Crippen molar-refractivity contribution in [3.05, 3.63) is 58.8 Å². The first kappa shape index (κ1) is 32.7. The van der Waals surface area contributed by atoms with Gasteiger partial charge in [-0.3, -0.25) is 9.47 Å². The molecule has 1 aromatic heterocycles. The molecule has 3 aromatic rings. The van der Waals surface area contributed by atoms with Crippen molar-refractivity contribution in [2.75, 3.05) is 33.9 Å². The van der Waals surface area contributed by atoms with Gasteiger partial charge >= 0.3 is 18.2 Å². The van der Waals surface area contributed by atoms with Crippen LogP contribution in [-0.2, 0) is 20.8 Å². The van der Waals surface area contributed by atoms with Crippen molar-refractivity contribution >= 4 is 29.1 Å². The van der Waals surface area contributed by atoms with E-state index in [4.69, 9.17) is 18.9 Å². The maximum atomic E-state index is 13.1. The predicted molar refractivity (Wildman–Crippen MR) is 165 cm³/mol. The molecule has 1 fully saturated rings. The summed E-state index contributed by atoms with van der Waals surface area (Å²) in [4.78, 5) is 42.1. The number of benzene rings is 2. The summed E-state index contributed by atoms with van der Waals surface area (Å²) in [6.07, 6.45) is 0.771. The van der Waals surface area contributed by atoms with Crippen molar-refractivity contribution in [3.63, 3.8) is 0 Å². The Morgan fingerprint density at radius 3 is 2.18 bits per heavy atom. The number of piperazine rings is 1. The first-order valence-corrected chi connectivity index (χ1v) is 14.6. The Kier molecular flexibility index (Phi) is 9.20. The predicted octanol–water partition coefficient (Wildman–Crippen LogP) is 6.03. The standard InChI is InChI=1S/C33H43N3O8/c1-20-16-27(41-8)24(22-12-13-36(28(20)22)31(40)44-33(5,6)7)18-34-14-15-35(30(39)43-32(2,3)4)19-25(34)23-11-10-21(17-26(23)37)29(38)42-9/h10-13,16-17,25,37H,14-15,18-19H2,1-9H3. The molecule has 1 aliphatic heterocycles. The zero-order valence-corrected chi connectivity index (χ0v) is 27.0. The lowest BCUT2D eigenvalue weighted by atomic mass is 9.97. The number of amides is 1. The Morgan fingerprint density at radius 1 is 0.932 bits per heavy atom. The molecule has 1 amide bonds. The van der Waals surface area contributed by atoms with E-state index in [1.165, 1.54) is 17.7 Å². The highest BCUT2D eigenvalue weighted by molar-refractivity contribution is 5.95. The van der Waals surface area contributed by atoms with Gasteiger partial charge < -0.3 is 29.0 Å². The number of phenolic OH excluding ortho intramolecular Hbond substituents is 1. The van der Waals surface area contributed by atoms with Crippen LogP contribution in [-0.4, -0.2) is 82.7 Å². The van der Waals surface area contributed by atoms with Gasteiger partial charge in [-0.1, -0.05) is 6.07 Å². The Labute approximate surface area is 258 Å². The quantitative estimate of drug-likeness (QED) is 0.273. The monoisotopic (exact) mass is 609 g/mol. The maximum Gasteiger partial charge on any atom is 0.419 e. The summed E-state index contributed by atoms with van der Waals surface area (Å²) in [6.45, 7) is 14.3. The summed E-state index contributed by atoms with van der Waals surface area (Å²) >= 11 is 0. The third-order valence-electron chi connectivity index (χ3n) is 7.35. The van der Waals surface area contributed by atoms with Crippen LogP contribution < -0.4 is 4.74 Å². The molecular weight excluding hydrogens is 566 g/mol. The lowest BCUT2D eigenvalue weighted by Gasteiger charge is -2.42. The maximum absolute atomic E-state index is 13.1. The minimum absolute atomic E-state index is 0.0916. The van der Waals surface area contributed by atoms with Gasteiger partial charge in [0.05, 0.1) is 31.3 Å². The third kappa shape index (κ3) is 7.10. The van der Waals surface area contributed by atoms with Crippen LogP contribution in [0.25, 0.3) is 10.9 Å². The molecule has 1 saturated heterocycles. The third-order valence-corrected chi connectivity index (χ3v) is 7.35. The van der Waals surface area contributed by atoms with E-state index in [0.29, 0.717) is 36.5 Å².